The van der Waals surface area contributed by atoms with E-state index in [0.29, 0.717) is 5.92 Å². The fourth-order valence-corrected chi connectivity index (χ4v) is 2.98. The summed E-state index contributed by atoms with van der Waals surface area (Å²) in [6.07, 6.45) is 1.04. The summed E-state index contributed by atoms with van der Waals surface area (Å²) in [5.41, 5.74) is 2.31. The van der Waals surface area contributed by atoms with Crippen molar-refractivity contribution >= 4 is 22.5 Å². The number of aryl methyl sites for hydroxylation is 1. The van der Waals surface area contributed by atoms with E-state index >= 15 is 0 Å². The maximum Gasteiger partial charge on any atom is 0.0841 e. The molecule has 0 fully saturated rings. The lowest BCUT2D eigenvalue weighted by atomic mass is 10.1. The molecule has 110 valence electrons. The average Bonchev–Trinajstić information content (AvgIpc) is 2.76. The summed E-state index contributed by atoms with van der Waals surface area (Å²) < 4.78 is 2.05. The summed E-state index contributed by atoms with van der Waals surface area (Å²) >= 11 is 6.30. The van der Waals surface area contributed by atoms with Crippen LogP contribution in [0.3, 0.4) is 0 Å². The number of aromatic nitrogens is 2. The van der Waals surface area contributed by atoms with Crippen molar-refractivity contribution in [3.63, 3.8) is 0 Å². The van der Waals surface area contributed by atoms with Crippen LogP contribution in [0.5, 0.6) is 0 Å². The van der Waals surface area contributed by atoms with Crippen molar-refractivity contribution < 1.29 is 0 Å². The van der Waals surface area contributed by atoms with Crippen LogP contribution >= 0.6 is 11.6 Å². The Morgan fingerprint density at radius 2 is 2.05 bits per heavy atom. The first kappa shape index (κ1) is 15.3. The van der Waals surface area contributed by atoms with Gasteiger partial charge in [-0.25, -0.2) is 0 Å². The lowest BCUT2D eigenvalue weighted by molar-refractivity contribution is 0.530. The largest absolute Gasteiger partial charge is 0.310 e. The predicted octanol–water partition coefficient (Wildman–Crippen LogP) is 3.80. The van der Waals surface area contributed by atoms with E-state index in [1.807, 2.05) is 0 Å². The van der Waals surface area contributed by atoms with Crippen LogP contribution in [0.25, 0.3) is 10.9 Å². The third kappa shape index (κ3) is 3.74. The molecule has 2 aromatic rings. The van der Waals surface area contributed by atoms with Crippen LogP contribution < -0.4 is 5.32 Å². The quantitative estimate of drug-likeness (QED) is 0.787. The summed E-state index contributed by atoms with van der Waals surface area (Å²) in [5.74, 6) is 0.638. The SMILES string of the molecule is CCn1nc(CNCC(Cl)CC(C)C)c2ccccc21. The molecule has 20 heavy (non-hydrogen) atoms. The van der Waals surface area contributed by atoms with Gasteiger partial charge in [-0.3, -0.25) is 4.68 Å². The van der Waals surface area contributed by atoms with Gasteiger partial charge in [0.2, 0.25) is 0 Å². The van der Waals surface area contributed by atoms with Crippen LogP contribution in [0, 0.1) is 5.92 Å². The highest BCUT2D eigenvalue weighted by Gasteiger charge is 2.10. The number of halogens is 1. The molecule has 0 aliphatic heterocycles. The van der Waals surface area contributed by atoms with Gasteiger partial charge in [0.1, 0.15) is 0 Å². The van der Waals surface area contributed by atoms with Crippen LogP contribution in [0.15, 0.2) is 24.3 Å². The van der Waals surface area contributed by atoms with Crippen molar-refractivity contribution in [3.05, 3.63) is 30.0 Å². The summed E-state index contributed by atoms with van der Waals surface area (Å²) in [7, 11) is 0. The molecule has 1 aromatic carbocycles. The maximum absolute atomic E-state index is 6.30. The minimum atomic E-state index is 0.189. The van der Waals surface area contributed by atoms with Gasteiger partial charge >= 0.3 is 0 Å². The van der Waals surface area contributed by atoms with Gasteiger partial charge in [0.05, 0.1) is 11.2 Å². The molecule has 1 heterocycles. The molecule has 0 saturated heterocycles. The van der Waals surface area contributed by atoms with E-state index in [4.69, 9.17) is 11.6 Å². The molecule has 0 spiro atoms. The highest BCUT2D eigenvalue weighted by atomic mass is 35.5. The Balaban J connectivity index is 2.00. The van der Waals surface area contributed by atoms with Crippen LogP contribution in [0.4, 0.5) is 0 Å². The number of nitrogens with one attached hydrogen (secondary N) is 1. The highest BCUT2D eigenvalue weighted by Crippen LogP contribution is 2.18. The summed E-state index contributed by atoms with van der Waals surface area (Å²) in [5, 5.41) is 9.53. The number of para-hydroxylation sites is 1. The fourth-order valence-electron chi connectivity index (χ4n) is 2.51. The Labute approximate surface area is 126 Å². The maximum atomic E-state index is 6.30. The Morgan fingerprint density at radius 3 is 2.75 bits per heavy atom. The van der Waals surface area contributed by atoms with E-state index in [0.717, 1.165) is 31.7 Å². The zero-order chi connectivity index (χ0) is 14.5. The Morgan fingerprint density at radius 1 is 1.30 bits per heavy atom. The summed E-state index contributed by atoms with van der Waals surface area (Å²) in [6, 6.07) is 8.39. The highest BCUT2D eigenvalue weighted by molar-refractivity contribution is 6.20. The van der Waals surface area contributed by atoms with Gasteiger partial charge in [-0.15, -0.1) is 11.6 Å². The first-order valence-corrected chi connectivity index (χ1v) is 7.84. The Kier molecular flexibility index (Phi) is 5.44. The molecule has 0 aliphatic rings. The van der Waals surface area contributed by atoms with Crippen LogP contribution in [-0.4, -0.2) is 21.7 Å². The number of nitrogens with zero attached hydrogens (tertiary/aromatic N) is 2. The van der Waals surface area contributed by atoms with E-state index < -0.39 is 0 Å². The monoisotopic (exact) mass is 293 g/mol. The number of alkyl halides is 1. The molecule has 0 radical (unpaired) electrons. The average molecular weight is 294 g/mol. The second kappa shape index (κ2) is 7.09. The molecule has 4 heteroatoms. The minimum absolute atomic E-state index is 0.189. The lowest BCUT2D eigenvalue weighted by Crippen LogP contribution is -2.24. The van der Waals surface area contributed by atoms with E-state index in [1.165, 1.54) is 10.9 Å². The molecule has 2 rings (SSSR count). The second-order valence-corrected chi connectivity index (χ2v) is 6.25. The van der Waals surface area contributed by atoms with Gasteiger partial charge in [-0.2, -0.15) is 5.10 Å². The molecule has 1 aromatic heterocycles. The van der Waals surface area contributed by atoms with Gasteiger partial charge in [-0.1, -0.05) is 32.0 Å². The van der Waals surface area contributed by atoms with Gasteiger partial charge in [0, 0.05) is 30.4 Å². The Hall–Kier alpha value is -1.06. The molecule has 0 bridgehead atoms. The van der Waals surface area contributed by atoms with Crippen molar-refractivity contribution in [1.82, 2.24) is 15.1 Å². The predicted molar refractivity (Wildman–Crippen MR) is 86.2 cm³/mol. The van der Waals surface area contributed by atoms with Crippen LogP contribution in [0.2, 0.25) is 0 Å². The number of fused-ring (bicyclic) bond motifs is 1. The number of rotatable bonds is 7. The van der Waals surface area contributed by atoms with Gasteiger partial charge in [0.15, 0.2) is 0 Å². The van der Waals surface area contributed by atoms with E-state index in [2.05, 4.69) is 60.1 Å². The zero-order valence-electron chi connectivity index (χ0n) is 12.6. The lowest BCUT2D eigenvalue weighted by Gasteiger charge is -2.12. The van der Waals surface area contributed by atoms with E-state index in [-0.39, 0.29) is 5.38 Å². The zero-order valence-corrected chi connectivity index (χ0v) is 13.3. The van der Waals surface area contributed by atoms with Crippen molar-refractivity contribution in [3.8, 4) is 0 Å². The minimum Gasteiger partial charge on any atom is -0.310 e. The number of hydrogen-bond donors (Lipinski definition) is 1. The van der Waals surface area contributed by atoms with Gasteiger partial charge < -0.3 is 5.32 Å². The van der Waals surface area contributed by atoms with Crippen molar-refractivity contribution in [1.29, 1.82) is 0 Å². The third-order valence-corrected chi connectivity index (χ3v) is 3.75. The van der Waals surface area contributed by atoms with Crippen LogP contribution in [-0.2, 0) is 13.1 Å². The molecule has 3 nitrogen and oxygen atoms in total. The molecule has 0 aliphatic carbocycles. The normalized spacial score (nSPS) is 13.2. The van der Waals surface area contributed by atoms with E-state index in [9.17, 15) is 0 Å². The third-order valence-electron chi connectivity index (χ3n) is 3.42. The molecule has 1 N–H and O–H groups in total. The second-order valence-electron chi connectivity index (χ2n) is 5.64. The smallest absolute Gasteiger partial charge is 0.0841 e. The first-order valence-electron chi connectivity index (χ1n) is 7.41. The topological polar surface area (TPSA) is 29.9 Å². The standard InChI is InChI=1S/C16H24ClN3/c1-4-20-16-8-6-5-7-14(16)15(19-20)11-18-10-13(17)9-12(2)3/h5-8,12-13,18H,4,9-11H2,1-3H3. The molecular formula is C16H24ClN3. The van der Waals surface area contributed by atoms with Gasteiger partial charge in [-0.05, 0) is 25.3 Å². The van der Waals surface area contributed by atoms with Gasteiger partial charge in [0.25, 0.3) is 0 Å². The number of hydrogen-bond acceptors (Lipinski definition) is 2. The van der Waals surface area contributed by atoms with Crippen molar-refractivity contribution in [2.24, 2.45) is 5.92 Å². The van der Waals surface area contributed by atoms with Crippen molar-refractivity contribution in [2.75, 3.05) is 6.54 Å². The summed E-state index contributed by atoms with van der Waals surface area (Å²) in [4.78, 5) is 0. The molecule has 1 unspecified atom stereocenters. The summed E-state index contributed by atoms with van der Waals surface area (Å²) in [6.45, 7) is 9.01. The molecule has 0 saturated carbocycles. The Bertz CT molecular complexity index is 548. The molecule has 0 amide bonds. The molecule has 1 atom stereocenters. The number of benzene rings is 1. The fraction of sp³-hybridized carbons (Fsp3) is 0.562. The molecular weight excluding hydrogens is 270 g/mol. The first-order chi connectivity index (χ1) is 9.61. The van der Waals surface area contributed by atoms with Crippen molar-refractivity contribution in [2.45, 2.75) is 45.7 Å². The van der Waals surface area contributed by atoms with E-state index in [1.54, 1.807) is 0 Å². The van der Waals surface area contributed by atoms with Crippen LogP contribution in [0.1, 0.15) is 32.9 Å².